The molecular weight excluding hydrogens is 378 g/mol. The molecule has 0 saturated carbocycles. The van der Waals surface area contributed by atoms with Crippen LogP contribution in [0.4, 0.5) is 11.4 Å². The van der Waals surface area contributed by atoms with Gasteiger partial charge in [0.15, 0.2) is 5.71 Å². The quantitative estimate of drug-likeness (QED) is 0.282. The highest BCUT2D eigenvalue weighted by atomic mass is 16.5. The van der Waals surface area contributed by atoms with Crippen LogP contribution in [0.5, 0.6) is 5.75 Å². The zero-order valence-corrected chi connectivity index (χ0v) is 16.2. The molecule has 0 saturated heterocycles. The number of ether oxygens (including phenoxy) is 1. The van der Waals surface area contributed by atoms with Gasteiger partial charge in [0.25, 0.3) is 5.91 Å². The Kier molecular flexibility index (Phi) is 7.11. The molecule has 0 aliphatic carbocycles. The normalized spacial score (nSPS) is 10.4. The first-order chi connectivity index (χ1) is 14.6. The number of allylic oxidation sites excluding steroid dienone is 1. The summed E-state index contributed by atoms with van der Waals surface area (Å²) in [5.41, 5.74) is 1.50. The lowest BCUT2D eigenvalue weighted by atomic mass is 10.2. The molecule has 1 amide bonds. The number of hydrogen-bond acceptors (Lipinski definition) is 5. The van der Waals surface area contributed by atoms with E-state index in [0.29, 0.717) is 18.0 Å². The number of carbonyl (C=O) groups excluding carboxylic acids is 2. The van der Waals surface area contributed by atoms with E-state index in [0.717, 1.165) is 17.3 Å². The van der Waals surface area contributed by atoms with Crippen LogP contribution < -0.4 is 15.4 Å². The molecule has 0 unspecified atom stereocenters. The number of nitrogens with one attached hydrogen (secondary N) is 3. The fourth-order valence-electron chi connectivity index (χ4n) is 2.56. The van der Waals surface area contributed by atoms with E-state index in [-0.39, 0.29) is 0 Å². The fourth-order valence-corrected chi connectivity index (χ4v) is 2.56. The zero-order chi connectivity index (χ0) is 21.2. The first kappa shape index (κ1) is 20.5. The Hall–Kier alpha value is -4.19. The first-order valence-electron chi connectivity index (χ1n) is 9.31. The van der Waals surface area contributed by atoms with E-state index >= 15 is 0 Å². The summed E-state index contributed by atoms with van der Waals surface area (Å²) in [6.45, 7) is 0.331. The van der Waals surface area contributed by atoms with Gasteiger partial charge >= 0.3 is 0 Å². The van der Waals surface area contributed by atoms with Gasteiger partial charge < -0.3 is 15.4 Å². The van der Waals surface area contributed by atoms with Gasteiger partial charge in [-0.15, -0.1) is 0 Å². The minimum absolute atomic E-state index is 0.331. The fraction of sp³-hybridized carbons (Fsp3) is 0.0417. The summed E-state index contributed by atoms with van der Waals surface area (Å²) in [7, 11) is 0. The Bertz CT molecular complexity index is 1050. The van der Waals surface area contributed by atoms with Crippen LogP contribution in [0.15, 0.2) is 97.2 Å². The van der Waals surface area contributed by atoms with E-state index in [2.05, 4.69) is 10.6 Å². The van der Waals surface area contributed by atoms with Crippen LogP contribution in [0.25, 0.3) is 0 Å². The van der Waals surface area contributed by atoms with Crippen molar-refractivity contribution in [2.75, 3.05) is 10.6 Å². The third-order valence-corrected chi connectivity index (χ3v) is 4.10. The molecule has 3 aromatic carbocycles. The summed E-state index contributed by atoms with van der Waals surface area (Å²) in [6, 6.07) is 25.8. The second-order valence-electron chi connectivity index (χ2n) is 6.31. The van der Waals surface area contributed by atoms with Crippen molar-refractivity contribution in [2.45, 2.75) is 6.61 Å². The van der Waals surface area contributed by atoms with Crippen LogP contribution in [0.1, 0.15) is 5.56 Å². The number of hydrogen-bond donors (Lipinski definition) is 3. The molecule has 0 spiro atoms. The Morgan fingerprint density at radius 2 is 1.50 bits per heavy atom. The van der Waals surface area contributed by atoms with Crippen molar-refractivity contribution in [3.05, 3.63) is 103 Å². The number of rotatable bonds is 9. The maximum Gasteiger partial charge on any atom is 0.277 e. The first-order valence-corrected chi connectivity index (χ1v) is 9.31. The molecule has 6 nitrogen and oxygen atoms in total. The number of carbonyl (C=O) groups is 2. The largest absolute Gasteiger partial charge is 0.487 e. The molecule has 3 rings (SSSR count). The van der Waals surface area contributed by atoms with Crippen LogP contribution in [0, 0.1) is 5.41 Å². The van der Waals surface area contributed by atoms with Gasteiger partial charge in [-0.3, -0.25) is 15.0 Å². The lowest BCUT2D eigenvalue weighted by molar-refractivity contribution is -0.113. The molecule has 0 aliphatic rings. The van der Waals surface area contributed by atoms with E-state index in [9.17, 15) is 9.59 Å². The Labute approximate surface area is 174 Å². The number of anilines is 2. The van der Waals surface area contributed by atoms with E-state index in [1.807, 2.05) is 60.7 Å². The summed E-state index contributed by atoms with van der Waals surface area (Å²) in [5, 5.41) is 13.3. The van der Waals surface area contributed by atoms with Crippen LogP contribution >= 0.6 is 0 Å². The smallest absolute Gasteiger partial charge is 0.277 e. The molecule has 0 fully saturated rings. The Morgan fingerprint density at radius 3 is 2.23 bits per heavy atom. The average Bonchev–Trinajstić information content (AvgIpc) is 2.79. The molecule has 0 aromatic heterocycles. The van der Waals surface area contributed by atoms with Crippen molar-refractivity contribution in [3.63, 3.8) is 0 Å². The molecular formula is C24H21N3O3. The van der Waals surface area contributed by atoms with Crippen molar-refractivity contribution in [1.82, 2.24) is 0 Å². The number of ketones is 1. The topological polar surface area (TPSA) is 91.3 Å². The van der Waals surface area contributed by atoms with Crippen LogP contribution in [-0.4, -0.2) is 17.4 Å². The SMILES string of the molecule is N=C(C(=O)/C=C\Nc1ccccc1)C(=O)Nc1ccccc1OCc1ccccc1. The molecule has 3 aromatic rings. The second-order valence-corrected chi connectivity index (χ2v) is 6.31. The lowest BCUT2D eigenvalue weighted by Gasteiger charge is -2.12. The summed E-state index contributed by atoms with van der Waals surface area (Å²) in [6.07, 6.45) is 2.54. The molecule has 0 heterocycles. The molecule has 3 N–H and O–H groups in total. The van der Waals surface area contributed by atoms with Crippen molar-refractivity contribution in [1.29, 1.82) is 5.41 Å². The van der Waals surface area contributed by atoms with E-state index in [1.165, 1.54) is 6.20 Å². The van der Waals surface area contributed by atoms with Gasteiger partial charge in [0.1, 0.15) is 12.4 Å². The third-order valence-electron chi connectivity index (χ3n) is 4.10. The molecule has 0 aliphatic heterocycles. The highest BCUT2D eigenvalue weighted by molar-refractivity contribution is 6.68. The monoisotopic (exact) mass is 399 g/mol. The van der Waals surface area contributed by atoms with E-state index < -0.39 is 17.4 Å². The molecule has 150 valence electrons. The van der Waals surface area contributed by atoms with Gasteiger partial charge in [-0.05, 0) is 29.8 Å². The van der Waals surface area contributed by atoms with Gasteiger partial charge in [0, 0.05) is 18.0 Å². The molecule has 0 bridgehead atoms. The van der Waals surface area contributed by atoms with E-state index in [1.54, 1.807) is 24.3 Å². The maximum atomic E-state index is 12.3. The van der Waals surface area contributed by atoms with Crippen molar-refractivity contribution >= 4 is 28.8 Å². The van der Waals surface area contributed by atoms with Crippen LogP contribution in [0.3, 0.4) is 0 Å². The number of para-hydroxylation sites is 3. The van der Waals surface area contributed by atoms with Crippen molar-refractivity contribution in [2.24, 2.45) is 0 Å². The van der Waals surface area contributed by atoms with Gasteiger partial charge in [0.05, 0.1) is 5.69 Å². The summed E-state index contributed by atoms with van der Waals surface area (Å²) < 4.78 is 5.78. The predicted molar refractivity (Wildman–Crippen MR) is 118 cm³/mol. The highest BCUT2D eigenvalue weighted by Crippen LogP contribution is 2.24. The standard InChI is InChI=1S/C24H21N3O3/c25-23(21(28)15-16-26-19-11-5-2-6-12-19)24(29)27-20-13-7-8-14-22(20)30-17-18-9-3-1-4-10-18/h1-16,25-26H,17H2,(H,27,29)/b16-15-,25-23?. The lowest BCUT2D eigenvalue weighted by Crippen LogP contribution is -2.28. The van der Waals surface area contributed by atoms with Gasteiger partial charge in [-0.2, -0.15) is 0 Å². The molecule has 0 atom stereocenters. The minimum atomic E-state index is -0.805. The van der Waals surface area contributed by atoms with Gasteiger partial charge in [-0.25, -0.2) is 0 Å². The van der Waals surface area contributed by atoms with Crippen LogP contribution in [-0.2, 0) is 16.2 Å². The zero-order valence-electron chi connectivity index (χ0n) is 16.2. The Balaban J connectivity index is 1.58. The van der Waals surface area contributed by atoms with Crippen molar-refractivity contribution in [3.8, 4) is 5.75 Å². The maximum absolute atomic E-state index is 12.3. The molecule has 6 heteroatoms. The minimum Gasteiger partial charge on any atom is -0.487 e. The highest BCUT2D eigenvalue weighted by Gasteiger charge is 2.17. The summed E-state index contributed by atoms with van der Waals surface area (Å²) in [4.78, 5) is 24.5. The Morgan fingerprint density at radius 1 is 0.867 bits per heavy atom. The van der Waals surface area contributed by atoms with Gasteiger partial charge in [0.2, 0.25) is 5.78 Å². The molecule has 0 radical (unpaired) electrons. The van der Waals surface area contributed by atoms with E-state index in [4.69, 9.17) is 10.1 Å². The second kappa shape index (κ2) is 10.4. The number of amides is 1. The third kappa shape index (κ3) is 5.90. The predicted octanol–water partition coefficient (Wildman–Crippen LogP) is 4.42. The van der Waals surface area contributed by atoms with Crippen molar-refractivity contribution < 1.29 is 14.3 Å². The average molecular weight is 399 g/mol. The van der Waals surface area contributed by atoms with Crippen LogP contribution in [0.2, 0.25) is 0 Å². The summed E-state index contributed by atoms with van der Waals surface area (Å²) in [5.74, 6) is -1.06. The van der Waals surface area contributed by atoms with Gasteiger partial charge in [-0.1, -0.05) is 60.7 Å². The summed E-state index contributed by atoms with van der Waals surface area (Å²) >= 11 is 0. The number of benzene rings is 3. The molecule has 30 heavy (non-hydrogen) atoms.